The molecule has 1 atom stereocenters. The molecule has 1 unspecified atom stereocenters. The van der Waals surface area contributed by atoms with Crippen LogP contribution < -0.4 is 14.2 Å². The summed E-state index contributed by atoms with van der Waals surface area (Å²) in [4.78, 5) is 16.2. The number of nitrogens with zero attached hydrogens (tertiary/aromatic N) is 2. The summed E-state index contributed by atoms with van der Waals surface area (Å²) in [5.41, 5.74) is 0. The molecule has 1 aliphatic heterocycles. The molecule has 2 aromatic carbocycles. The van der Waals surface area contributed by atoms with E-state index >= 15 is 0 Å². The maximum Gasteiger partial charge on any atom is 0.240 e. The van der Waals surface area contributed by atoms with E-state index in [-0.39, 0.29) is 16.8 Å². The van der Waals surface area contributed by atoms with Crippen molar-refractivity contribution in [1.82, 2.24) is 14.5 Å². The first-order valence-corrected chi connectivity index (χ1v) is 12.7. The van der Waals surface area contributed by atoms with Crippen molar-refractivity contribution in [3.05, 3.63) is 48.5 Å². The minimum Gasteiger partial charge on any atom is -0.494 e. The molecule has 1 aliphatic rings. The standard InChI is InChI=1S/C24H33N3O5S/c1-4-31-19-8-10-20(11-9-19)32-21-12-14-22(15-13-21)33(29,30)25-16-6-18-27-17-5-7-23(27)24(28)26(2)3/h8-15,23,25H,4-7,16-18H2,1-3H3. The second-order valence-corrected chi connectivity index (χ2v) is 9.92. The SMILES string of the molecule is CCOc1ccc(Oc2ccc(S(=O)(=O)NCCCN3CCCC3C(=O)N(C)C)cc2)cc1. The first kappa shape index (κ1) is 25.0. The van der Waals surface area contributed by atoms with Gasteiger partial charge in [-0.15, -0.1) is 0 Å². The van der Waals surface area contributed by atoms with Gasteiger partial charge in [-0.05, 0) is 81.3 Å². The molecule has 0 aliphatic carbocycles. The topological polar surface area (TPSA) is 88.2 Å². The molecule has 2 aromatic rings. The molecule has 0 bridgehead atoms. The molecule has 180 valence electrons. The average molecular weight is 476 g/mol. The fraction of sp³-hybridized carbons (Fsp3) is 0.458. The maximum atomic E-state index is 12.6. The van der Waals surface area contributed by atoms with E-state index in [2.05, 4.69) is 9.62 Å². The third-order valence-electron chi connectivity index (χ3n) is 5.51. The number of benzene rings is 2. The minimum atomic E-state index is -3.62. The number of nitrogens with one attached hydrogen (secondary N) is 1. The van der Waals surface area contributed by atoms with Gasteiger partial charge >= 0.3 is 0 Å². The Labute approximate surface area is 196 Å². The van der Waals surface area contributed by atoms with Gasteiger partial charge < -0.3 is 14.4 Å². The van der Waals surface area contributed by atoms with Crippen molar-refractivity contribution in [2.45, 2.75) is 37.1 Å². The average Bonchev–Trinajstić information content (AvgIpc) is 3.26. The van der Waals surface area contributed by atoms with Gasteiger partial charge in [0.05, 0.1) is 17.5 Å². The number of sulfonamides is 1. The van der Waals surface area contributed by atoms with E-state index in [1.165, 1.54) is 12.1 Å². The van der Waals surface area contributed by atoms with Gasteiger partial charge in [-0.3, -0.25) is 9.69 Å². The smallest absolute Gasteiger partial charge is 0.240 e. The van der Waals surface area contributed by atoms with Crippen LogP contribution in [0.4, 0.5) is 0 Å². The molecule has 0 aromatic heterocycles. The van der Waals surface area contributed by atoms with E-state index in [0.717, 1.165) is 25.1 Å². The highest BCUT2D eigenvalue weighted by atomic mass is 32.2. The minimum absolute atomic E-state index is 0.0977. The number of rotatable bonds is 11. The van der Waals surface area contributed by atoms with Crippen molar-refractivity contribution in [3.8, 4) is 17.2 Å². The number of hydrogen-bond acceptors (Lipinski definition) is 6. The molecule has 9 heteroatoms. The molecule has 3 rings (SSSR count). The molecule has 0 saturated carbocycles. The van der Waals surface area contributed by atoms with Crippen molar-refractivity contribution >= 4 is 15.9 Å². The van der Waals surface area contributed by atoms with Crippen molar-refractivity contribution in [2.24, 2.45) is 0 Å². The Balaban J connectivity index is 1.48. The lowest BCUT2D eigenvalue weighted by atomic mass is 10.2. The van der Waals surface area contributed by atoms with E-state index in [1.54, 1.807) is 43.3 Å². The number of hydrogen-bond donors (Lipinski definition) is 1. The van der Waals surface area contributed by atoms with Gasteiger partial charge in [0.25, 0.3) is 0 Å². The number of carbonyl (C=O) groups excluding carboxylic acids is 1. The van der Waals surface area contributed by atoms with Gasteiger partial charge in [-0.2, -0.15) is 0 Å². The maximum absolute atomic E-state index is 12.6. The second-order valence-electron chi connectivity index (χ2n) is 8.16. The van der Waals surface area contributed by atoms with Crippen LogP contribution in [0.5, 0.6) is 17.2 Å². The highest BCUT2D eigenvalue weighted by Crippen LogP contribution is 2.25. The molecular formula is C24H33N3O5S. The Morgan fingerprint density at radius 2 is 1.67 bits per heavy atom. The largest absolute Gasteiger partial charge is 0.494 e. The zero-order valence-electron chi connectivity index (χ0n) is 19.5. The predicted octanol–water partition coefficient (Wildman–Crippen LogP) is 3.10. The van der Waals surface area contributed by atoms with Crippen LogP contribution in [0.15, 0.2) is 53.4 Å². The summed E-state index contributed by atoms with van der Waals surface area (Å²) in [6.45, 7) is 4.38. The van der Waals surface area contributed by atoms with Crippen LogP contribution in [0.2, 0.25) is 0 Å². The normalized spacial score (nSPS) is 16.5. The molecule has 33 heavy (non-hydrogen) atoms. The number of likely N-dealkylation sites (N-methyl/N-ethyl adjacent to an activating group) is 1. The van der Waals surface area contributed by atoms with Crippen LogP contribution in [0, 0.1) is 0 Å². The fourth-order valence-electron chi connectivity index (χ4n) is 3.84. The van der Waals surface area contributed by atoms with Gasteiger partial charge in [0.2, 0.25) is 15.9 Å². The van der Waals surface area contributed by atoms with Crippen LogP contribution in [0.25, 0.3) is 0 Å². The van der Waals surface area contributed by atoms with Gasteiger partial charge in [0, 0.05) is 27.2 Å². The van der Waals surface area contributed by atoms with E-state index in [4.69, 9.17) is 9.47 Å². The van der Waals surface area contributed by atoms with Gasteiger partial charge in [-0.25, -0.2) is 13.1 Å². The summed E-state index contributed by atoms with van der Waals surface area (Å²) in [6, 6.07) is 13.5. The van der Waals surface area contributed by atoms with Crippen LogP contribution in [0.1, 0.15) is 26.2 Å². The summed E-state index contributed by atoms with van der Waals surface area (Å²) < 4.78 is 39.1. The molecule has 1 N–H and O–H groups in total. The van der Waals surface area contributed by atoms with Crippen molar-refractivity contribution in [2.75, 3.05) is 40.3 Å². The van der Waals surface area contributed by atoms with Gasteiger partial charge in [0.15, 0.2) is 0 Å². The first-order chi connectivity index (χ1) is 15.8. The third kappa shape index (κ3) is 6.93. The lowest BCUT2D eigenvalue weighted by Gasteiger charge is -2.26. The van der Waals surface area contributed by atoms with Crippen molar-refractivity contribution in [1.29, 1.82) is 0 Å². The molecular weight excluding hydrogens is 442 g/mol. The molecule has 1 saturated heterocycles. The third-order valence-corrected chi connectivity index (χ3v) is 6.99. The number of amides is 1. The Morgan fingerprint density at radius 1 is 1.06 bits per heavy atom. The van der Waals surface area contributed by atoms with E-state index in [1.807, 2.05) is 19.1 Å². The quantitative estimate of drug-likeness (QED) is 0.503. The molecule has 8 nitrogen and oxygen atoms in total. The molecule has 0 spiro atoms. The van der Waals surface area contributed by atoms with Crippen LogP contribution in [-0.4, -0.2) is 70.5 Å². The second kappa shape index (κ2) is 11.5. The van der Waals surface area contributed by atoms with E-state index in [0.29, 0.717) is 37.6 Å². The summed E-state index contributed by atoms with van der Waals surface area (Å²) in [7, 11) is -0.0861. The Kier molecular flexibility index (Phi) is 8.71. The fourth-order valence-corrected chi connectivity index (χ4v) is 4.91. The highest BCUT2D eigenvalue weighted by molar-refractivity contribution is 7.89. The Hall–Kier alpha value is -2.62. The lowest BCUT2D eigenvalue weighted by molar-refractivity contribution is -0.133. The first-order valence-electron chi connectivity index (χ1n) is 11.3. The monoisotopic (exact) mass is 475 g/mol. The Bertz CT molecular complexity index is 1010. The van der Waals surface area contributed by atoms with Crippen molar-refractivity contribution < 1.29 is 22.7 Å². The molecule has 1 heterocycles. The molecule has 1 amide bonds. The zero-order valence-corrected chi connectivity index (χ0v) is 20.3. The Morgan fingerprint density at radius 3 is 2.27 bits per heavy atom. The predicted molar refractivity (Wildman–Crippen MR) is 127 cm³/mol. The lowest BCUT2D eigenvalue weighted by Crippen LogP contribution is -2.43. The van der Waals surface area contributed by atoms with Crippen molar-refractivity contribution in [3.63, 3.8) is 0 Å². The van der Waals surface area contributed by atoms with Crippen LogP contribution in [-0.2, 0) is 14.8 Å². The van der Waals surface area contributed by atoms with E-state index < -0.39 is 10.0 Å². The summed E-state index contributed by atoms with van der Waals surface area (Å²) in [5, 5.41) is 0. The summed E-state index contributed by atoms with van der Waals surface area (Å²) in [6.07, 6.45) is 2.48. The number of likely N-dealkylation sites (tertiary alicyclic amines) is 1. The molecule has 1 fully saturated rings. The number of ether oxygens (including phenoxy) is 2. The molecule has 0 radical (unpaired) electrons. The number of carbonyl (C=O) groups is 1. The highest BCUT2D eigenvalue weighted by Gasteiger charge is 2.31. The zero-order chi connectivity index (χ0) is 23.8. The summed E-state index contributed by atoms with van der Waals surface area (Å²) >= 11 is 0. The van der Waals surface area contributed by atoms with Gasteiger partial charge in [0.1, 0.15) is 17.2 Å². The van der Waals surface area contributed by atoms with Crippen LogP contribution >= 0.6 is 0 Å². The summed E-state index contributed by atoms with van der Waals surface area (Å²) in [5.74, 6) is 2.06. The van der Waals surface area contributed by atoms with E-state index in [9.17, 15) is 13.2 Å². The van der Waals surface area contributed by atoms with Gasteiger partial charge in [-0.1, -0.05) is 0 Å². The van der Waals surface area contributed by atoms with Crippen LogP contribution in [0.3, 0.4) is 0 Å².